The van der Waals surface area contributed by atoms with Gasteiger partial charge in [0.1, 0.15) is 6.61 Å². The van der Waals surface area contributed by atoms with E-state index in [4.69, 9.17) is 9.84 Å². The van der Waals surface area contributed by atoms with Gasteiger partial charge in [0.15, 0.2) is 0 Å². The van der Waals surface area contributed by atoms with E-state index in [0.29, 0.717) is 12.2 Å². The number of esters is 1. The Kier molecular flexibility index (Phi) is 6.87. The molecule has 0 aliphatic rings. The van der Waals surface area contributed by atoms with Gasteiger partial charge in [-0.3, -0.25) is 9.59 Å². The number of aliphatic hydroxyl groups excluding tert-OH is 1. The van der Waals surface area contributed by atoms with Gasteiger partial charge >= 0.3 is 5.97 Å². The first-order chi connectivity index (χ1) is 9.67. The zero-order valence-electron chi connectivity index (χ0n) is 11.3. The standard InChI is InChI=1S/C15H17NO4/c1-2-20-14(18)9-10-16-15(19)13-7-5-12(6-8-13)4-3-11-17/h5-8,17H,2,9-11H2,1H3,(H,16,19). The molecule has 5 heteroatoms. The lowest BCUT2D eigenvalue weighted by Gasteiger charge is -2.05. The van der Waals surface area contributed by atoms with Crippen molar-refractivity contribution in [3.8, 4) is 11.8 Å². The van der Waals surface area contributed by atoms with Crippen LogP contribution in [0.3, 0.4) is 0 Å². The number of carbonyl (C=O) groups is 2. The summed E-state index contributed by atoms with van der Waals surface area (Å²) in [4.78, 5) is 22.9. The van der Waals surface area contributed by atoms with Gasteiger partial charge in [-0.05, 0) is 31.2 Å². The molecule has 0 aromatic heterocycles. The van der Waals surface area contributed by atoms with Crippen molar-refractivity contribution >= 4 is 11.9 Å². The molecule has 0 heterocycles. The van der Waals surface area contributed by atoms with Crippen LogP contribution >= 0.6 is 0 Å². The molecule has 0 unspecified atom stereocenters. The number of nitrogens with one attached hydrogen (secondary N) is 1. The van der Waals surface area contributed by atoms with Crippen LogP contribution in [0, 0.1) is 11.8 Å². The van der Waals surface area contributed by atoms with E-state index in [-0.39, 0.29) is 31.4 Å². The van der Waals surface area contributed by atoms with Crippen LogP contribution in [0.25, 0.3) is 0 Å². The highest BCUT2D eigenvalue weighted by Gasteiger charge is 2.06. The van der Waals surface area contributed by atoms with E-state index >= 15 is 0 Å². The number of hydrogen-bond donors (Lipinski definition) is 2. The lowest BCUT2D eigenvalue weighted by atomic mass is 10.1. The number of hydrogen-bond acceptors (Lipinski definition) is 4. The molecule has 20 heavy (non-hydrogen) atoms. The molecule has 0 bridgehead atoms. The van der Waals surface area contributed by atoms with Crippen LogP contribution in [0.1, 0.15) is 29.3 Å². The van der Waals surface area contributed by atoms with Gasteiger partial charge in [0.05, 0.1) is 13.0 Å². The van der Waals surface area contributed by atoms with E-state index < -0.39 is 0 Å². The third kappa shape index (κ3) is 5.55. The molecule has 0 saturated heterocycles. The second-order valence-electron chi connectivity index (χ2n) is 3.85. The number of benzene rings is 1. The quantitative estimate of drug-likeness (QED) is 0.613. The highest BCUT2D eigenvalue weighted by molar-refractivity contribution is 5.94. The summed E-state index contributed by atoms with van der Waals surface area (Å²) >= 11 is 0. The third-order valence-corrected chi connectivity index (χ3v) is 2.38. The largest absolute Gasteiger partial charge is 0.466 e. The van der Waals surface area contributed by atoms with Gasteiger partial charge in [-0.15, -0.1) is 0 Å². The zero-order chi connectivity index (χ0) is 14.8. The molecular weight excluding hydrogens is 258 g/mol. The maximum absolute atomic E-state index is 11.8. The summed E-state index contributed by atoms with van der Waals surface area (Å²) in [7, 11) is 0. The molecule has 5 nitrogen and oxygen atoms in total. The fraction of sp³-hybridized carbons (Fsp3) is 0.333. The van der Waals surface area contributed by atoms with Gasteiger partial charge < -0.3 is 15.2 Å². The second kappa shape index (κ2) is 8.73. The lowest BCUT2D eigenvalue weighted by molar-refractivity contribution is -0.142. The Bertz CT molecular complexity index is 511. The molecule has 0 fully saturated rings. The maximum atomic E-state index is 11.8. The predicted octanol–water partition coefficient (Wildman–Crippen LogP) is 0.713. The van der Waals surface area contributed by atoms with Crippen molar-refractivity contribution in [1.82, 2.24) is 5.32 Å². The minimum absolute atomic E-state index is 0.152. The van der Waals surface area contributed by atoms with Crippen molar-refractivity contribution in [3.05, 3.63) is 35.4 Å². The zero-order valence-corrected chi connectivity index (χ0v) is 11.3. The van der Waals surface area contributed by atoms with Crippen molar-refractivity contribution in [3.63, 3.8) is 0 Å². The minimum atomic E-state index is -0.331. The molecule has 106 valence electrons. The third-order valence-electron chi connectivity index (χ3n) is 2.38. The molecule has 1 aromatic carbocycles. The average Bonchev–Trinajstić information content (AvgIpc) is 2.46. The van der Waals surface area contributed by atoms with Gasteiger partial charge in [-0.25, -0.2) is 0 Å². The fourth-order valence-corrected chi connectivity index (χ4v) is 1.46. The lowest BCUT2D eigenvalue weighted by Crippen LogP contribution is -2.26. The van der Waals surface area contributed by atoms with Crippen molar-refractivity contribution in [2.24, 2.45) is 0 Å². The Morgan fingerprint density at radius 2 is 2.00 bits per heavy atom. The number of aliphatic hydroxyl groups is 1. The molecule has 0 aliphatic carbocycles. The first-order valence-corrected chi connectivity index (χ1v) is 6.31. The van der Waals surface area contributed by atoms with E-state index in [0.717, 1.165) is 5.56 Å². The Labute approximate surface area is 117 Å². The van der Waals surface area contributed by atoms with Crippen molar-refractivity contribution in [2.75, 3.05) is 19.8 Å². The van der Waals surface area contributed by atoms with Crippen LogP contribution in [0.15, 0.2) is 24.3 Å². The molecule has 0 saturated carbocycles. The normalized spacial score (nSPS) is 9.30. The molecule has 1 amide bonds. The highest BCUT2D eigenvalue weighted by Crippen LogP contribution is 2.03. The van der Waals surface area contributed by atoms with Crippen molar-refractivity contribution < 1.29 is 19.4 Å². The van der Waals surface area contributed by atoms with Gasteiger partial charge in [0, 0.05) is 17.7 Å². The van der Waals surface area contributed by atoms with Crippen LogP contribution in [0.5, 0.6) is 0 Å². The smallest absolute Gasteiger partial charge is 0.307 e. The first kappa shape index (κ1) is 15.7. The summed E-state index contributed by atoms with van der Waals surface area (Å²) < 4.78 is 4.76. The molecule has 1 rings (SSSR count). The summed E-state index contributed by atoms with van der Waals surface area (Å²) in [6.07, 6.45) is 0.152. The molecule has 0 atom stereocenters. The predicted molar refractivity (Wildman–Crippen MR) is 74.0 cm³/mol. The van der Waals surface area contributed by atoms with Crippen LogP contribution in [0.2, 0.25) is 0 Å². The molecule has 2 N–H and O–H groups in total. The SMILES string of the molecule is CCOC(=O)CCNC(=O)c1ccc(C#CCO)cc1. The van der Waals surface area contributed by atoms with Crippen LogP contribution in [0.4, 0.5) is 0 Å². The average molecular weight is 275 g/mol. The van der Waals surface area contributed by atoms with E-state index in [1.165, 1.54) is 0 Å². The second-order valence-corrected chi connectivity index (χ2v) is 3.85. The number of ether oxygens (including phenoxy) is 1. The van der Waals surface area contributed by atoms with E-state index in [1.807, 2.05) is 0 Å². The first-order valence-electron chi connectivity index (χ1n) is 6.31. The summed E-state index contributed by atoms with van der Waals surface area (Å²) in [5.74, 6) is 4.68. The Balaban J connectivity index is 2.45. The molecule has 1 aromatic rings. The summed E-state index contributed by atoms with van der Waals surface area (Å²) in [6.45, 7) is 2.11. The van der Waals surface area contributed by atoms with E-state index in [9.17, 15) is 9.59 Å². The van der Waals surface area contributed by atoms with Gasteiger partial charge in [-0.1, -0.05) is 11.8 Å². The monoisotopic (exact) mass is 275 g/mol. The topological polar surface area (TPSA) is 75.6 Å². The molecular formula is C15H17NO4. The number of carbonyl (C=O) groups excluding carboxylic acids is 2. The van der Waals surface area contributed by atoms with Gasteiger partial charge in [0.25, 0.3) is 5.91 Å². The Morgan fingerprint density at radius 3 is 2.60 bits per heavy atom. The molecule has 0 spiro atoms. The molecule has 0 aliphatic heterocycles. The van der Waals surface area contributed by atoms with Crippen LogP contribution < -0.4 is 5.32 Å². The Hall–Kier alpha value is -2.32. The van der Waals surface area contributed by atoms with Gasteiger partial charge in [0.2, 0.25) is 0 Å². The highest BCUT2D eigenvalue weighted by atomic mass is 16.5. The van der Waals surface area contributed by atoms with E-state index in [2.05, 4.69) is 17.2 Å². The molecule has 0 radical (unpaired) electrons. The number of rotatable bonds is 5. The van der Waals surface area contributed by atoms with Crippen LogP contribution in [-0.4, -0.2) is 36.7 Å². The number of amides is 1. The Morgan fingerprint density at radius 1 is 1.30 bits per heavy atom. The summed E-state index contributed by atoms with van der Waals surface area (Å²) in [5, 5.41) is 11.2. The van der Waals surface area contributed by atoms with Crippen molar-refractivity contribution in [2.45, 2.75) is 13.3 Å². The van der Waals surface area contributed by atoms with Crippen LogP contribution in [-0.2, 0) is 9.53 Å². The minimum Gasteiger partial charge on any atom is -0.466 e. The fourth-order valence-electron chi connectivity index (χ4n) is 1.46. The van der Waals surface area contributed by atoms with Crippen molar-refractivity contribution in [1.29, 1.82) is 0 Å². The van der Waals surface area contributed by atoms with Gasteiger partial charge in [-0.2, -0.15) is 0 Å². The maximum Gasteiger partial charge on any atom is 0.307 e. The van der Waals surface area contributed by atoms with E-state index in [1.54, 1.807) is 31.2 Å². The summed E-state index contributed by atoms with van der Waals surface area (Å²) in [6, 6.07) is 6.67. The summed E-state index contributed by atoms with van der Waals surface area (Å²) in [5.41, 5.74) is 1.21.